The van der Waals surface area contributed by atoms with Crippen LogP contribution < -0.4 is 15.5 Å². The molecule has 0 radical (unpaired) electrons. The molecule has 1 aliphatic heterocycles. The van der Waals surface area contributed by atoms with E-state index in [2.05, 4.69) is 10.6 Å². The van der Waals surface area contributed by atoms with Crippen molar-refractivity contribution in [3.05, 3.63) is 94.5 Å². The highest BCUT2D eigenvalue weighted by Crippen LogP contribution is 2.32. The monoisotopic (exact) mass is 429 g/mol. The summed E-state index contributed by atoms with van der Waals surface area (Å²) in [6.45, 7) is 3.90. The predicted octanol–water partition coefficient (Wildman–Crippen LogP) is 4.23. The Kier molecular flexibility index (Phi) is 5.35. The molecule has 0 bridgehead atoms. The molecule has 4 rings (SSSR count). The Hall–Kier alpha value is -3.84. The summed E-state index contributed by atoms with van der Waals surface area (Å²) in [5.74, 6) is -1.21. The van der Waals surface area contributed by atoms with E-state index in [1.54, 1.807) is 54.6 Å². The number of hydrogen-bond acceptors (Lipinski definition) is 4. The van der Waals surface area contributed by atoms with E-state index in [0.29, 0.717) is 16.9 Å². The fourth-order valence-corrected chi connectivity index (χ4v) is 3.62. The van der Waals surface area contributed by atoms with Crippen LogP contribution in [0.1, 0.15) is 42.2 Å². The molecule has 0 atom stereocenters. The number of imide groups is 1. The standard InChI is InChI=1S/C24H19N3O3S/c1-14-11-12-16(13-15(14)2)21(28)26-24(31)25-19-10-6-9-18-20(19)23(30)27(22(18)29)17-7-4-3-5-8-17/h3-13H,1-2H3,(H2,25,26,28,31). The van der Waals surface area contributed by atoms with Gasteiger partial charge in [-0.05, 0) is 73.6 Å². The lowest BCUT2D eigenvalue weighted by Gasteiger charge is -2.14. The molecular formula is C24H19N3O3S. The van der Waals surface area contributed by atoms with Gasteiger partial charge in [-0.2, -0.15) is 0 Å². The van der Waals surface area contributed by atoms with E-state index >= 15 is 0 Å². The highest BCUT2D eigenvalue weighted by Gasteiger charge is 2.38. The van der Waals surface area contributed by atoms with Gasteiger partial charge in [-0.1, -0.05) is 30.3 Å². The number of anilines is 2. The third-order valence-corrected chi connectivity index (χ3v) is 5.38. The van der Waals surface area contributed by atoms with Gasteiger partial charge in [-0.15, -0.1) is 0 Å². The molecule has 6 nitrogen and oxygen atoms in total. The summed E-state index contributed by atoms with van der Waals surface area (Å²) in [6, 6.07) is 19.0. The highest BCUT2D eigenvalue weighted by atomic mass is 32.1. The number of carbonyl (C=O) groups is 3. The van der Waals surface area contributed by atoms with Gasteiger partial charge in [-0.25, -0.2) is 4.90 Å². The van der Waals surface area contributed by atoms with Gasteiger partial charge in [0.25, 0.3) is 17.7 Å². The molecule has 1 aliphatic rings. The van der Waals surface area contributed by atoms with Gasteiger partial charge in [0, 0.05) is 5.56 Å². The van der Waals surface area contributed by atoms with E-state index in [9.17, 15) is 14.4 Å². The van der Waals surface area contributed by atoms with Crippen LogP contribution in [0.5, 0.6) is 0 Å². The number of benzene rings is 3. The van der Waals surface area contributed by atoms with E-state index in [1.807, 2.05) is 26.0 Å². The first-order valence-corrected chi connectivity index (χ1v) is 10.0. The molecule has 3 aromatic carbocycles. The van der Waals surface area contributed by atoms with Gasteiger partial charge in [0.15, 0.2) is 5.11 Å². The molecule has 0 unspecified atom stereocenters. The second-order valence-corrected chi connectivity index (χ2v) is 7.62. The van der Waals surface area contributed by atoms with E-state index in [1.165, 1.54) is 0 Å². The van der Waals surface area contributed by atoms with Crippen LogP contribution in [0.15, 0.2) is 66.7 Å². The molecule has 0 aromatic heterocycles. The Labute approximate surface area is 184 Å². The number of aryl methyl sites for hydroxylation is 2. The molecule has 31 heavy (non-hydrogen) atoms. The number of carbonyl (C=O) groups excluding carboxylic acids is 3. The maximum absolute atomic E-state index is 13.1. The molecule has 0 fully saturated rings. The number of para-hydroxylation sites is 1. The maximum Gasteiger partial charge on any atom is 0.268 e. The van der Waals surface area contributed by atoms with Crippen LogP contribution in [-0.2, 0) is 0 Å². The van der Waals surface area contributed by atoms with Crippen molar-refractivity contribution in [1.29, 1.82) is 0 Å². The number of nitrogens with one attached hydrogen (secondary N) is 2. The Morgan fingerprint density at radius 3 is 2.32 bits per heavy atom. The van der Waals surface area contributed by atoms with Crippen molar-refractivity contribution in [3.8, 4) is 0 Å². The third kappa shape index (κ3) is 3.83. The minimum absolute atomic E-state index is 0.0371. The summed E-state index contributed by atoms with van der Waals surface area (Å²) >= 11 is 5.28. The number of thiocarbonyl (C=S) groups is 1. The lowest BCUT2D eigenvalue weighted by molar-refractivity contribution is 0.0924. The van der Waals surface area contributed by atoms with Crippen LogP contribution in [0.3, 0.4) is 0 Å². The minimum atomic E-state index is -0.447. The summed E-state index contributed by atoms with van der Waals surface area (Å²) in [5.41, 5.74) is 3.92. The number of amides is 3. The molecule has 154 valence electrons. The number of hydrogen-bond donors (Lipinski definition) is 2. The van der Waals surface area contributed by atoms with Crippen molar-refractivity contribution in [2.24, 2.45) is 0 Å². The Bertz CT molecular complexity index is 1240. The zero-order valence-corrected chi connectivity index (χ0v) is 17.7. The maximum atomic E-state index is 13.1. The predicted molar refractivity (Wildman–Crippen MR) is 124 cm³/mol. The Morgan fingerprint density at radius 1 is 0.871 bits per heavy atom. The molecule has 7 heteroatoms. The molecule has 0 saturated heterocycles. The number of rotatable bonds is 3. The van der Waals surface area contributed by atoms with Gasteiger partial charge < -0.3 is 5.32 Å². The summed E-state index contributed by atoms with van der Waals surface area (Å²) in [4.78, 5) is 39.6. The van der Waals surface area contributed by atoms with E-state index in [0.717, 1.165) is 16.0 Å². The Balaban J connectivity index is 1.56. The fraction of sp³-hybridized carbons (Fsp3) is 0.0833. The smallest absolute Gasteiger partial charge is 0.268 e. The van der Waals surface area contributed by atoms with Crippen molar-refractivity contribution < 1.29 is 14.4 Å². The van der Waals surface area contributed by atoms with Gasteiger partial charge in [0.2, 0.25) is 0 Å². The van der Waals surface area contributed by atoms with Crippen LogP contribution in [0.2, 0.25) is 0 Å². The van der Waals surface area contributed by atoms with Crippen molar-refractivity contribution >= 4 is 46.4 Å². The first-order chi connectivity index (χ1) is 14.9. The molecule has 0 aliphatic carbocycles. The Morgan fingerprint density at radius 2 is 1.61 bits per heavy atom. The lowest BCUT2D eigenvalue weighted by atomic mass is 10.1. The molecule has 3 amide bonds. The second-order valence-electron chi connectivity index (χ2n) is 7.22. The van der Waals surface area contributed by atoms with Gasteiger partial charge >= 0.3 is 0 Å². The van der Waals surface area contributed by atoms with Crippen molar-refractivity contribution in [2.75, 3.05) is 10.2 Å². The van der Waals surface area contributed by atoms with E-state index < -0.39 is 11.8 Å². The summed E-state index contributed by atoms with van der Waals surface area (Å²) in [7, 11) is 0. The average Bonchev–Trinajstić information content (AvgIpc) is 3.01. The van der Waals surface area contributed by atoms with Gasteiger partial charge in [0.1, 0.15) is 0 Å². The van der Waals surface area contributed by atoms with Crippen molar-refractivity contribution in [3.63, 3.8) is 0 Å². The fourth-order valence-electron chi connectivity index (χ4n) is 3.41. The molecule has 0 saturated carbocycles. The quantitative estimate of drug-likeness (QED) is 0.481. The summed E-state index contributed by atoms with van der Waals surface area (Å²) in [5, 5.41) is 5.55. The zero-order valence-electron chi connectivity index (χ0n) is 16.9. The van der Waals surface area contributed by atoms with Crippen LogP contribution in [-0.4, -0.2) is 22.8 Å². The topological polar surface area (TPSA) is 78.5 Å². The van der Waals surface area contributed by atoms with Crippen LogP contribution in [0.25, 0.3) is 0 Å². The first kappa shape index (κ1) is 20.4. The first-order valence-electron chi connectivity index (χ1n) is 9.63. The molecule has 1 heterocycles. The van der Waals surface area contributed by atoms with Crippen molar-refractivity contribution in [1.82, 2.24) is 5.32 Å². The van der Waals surface area contributed by atoms with Gasteiger partial charge in [0.05, 0.1) is 22.5 Å². The van der Waals surface area contributed by atoms with Crippen LogP contribution in [0.4, 0.5) is 11.4 Å². The molecular weight excluding hydrogens is 410 g/mol. The molecule has 0 spiro atoms. The van der Waals surface area contributed by atoms with Crippen molar-refractivity contribution in [2.45, 2.75) is 13.8 Å². The van der Waals surface area contributed by atoms with E-state index in [-0.39, 0.29) is 22.1 Å². The summed E-state index contributed by atoms with van der Waals surface area (Å²) in [6.07, 6.45) is 0. The van der Waals surface area contributed by atoms with Crippen LogP contribution in [0, 0.1) is 13.8 Å². The average molecular weight is 430 g/mol. The third-order valence-electron chi connectivity index (χ3n) is 5.17. The van der Waals surface area contributed by atoms with Crippen LogP contribution >= 0.6 is 12.2 Å². The number of fused-ring (bicyclic) bond motifs is 1. The molecule has 3 aromatic rings. The minimum Gasteiger partial charge on any atom is -0.332 e. The number of nitrogens with zero attached hydrogens (tertiary/aromatic N) is 1. The largest absolute Gasteiger partial charge is 0.332 e. The van der Waals surface area contributed by atoms with E-state index in [4.69, 9.17) is 12.2 Å². The highest BCUT2D eigenvalue weighted by molar-refractivity contribution is 7.80. The lowest BCUT2D eigenvalue weighted by Crippen LogP contribution is -2.34. The zero-order chi connectivity index (χ0) is 22.1. The molecule has 2 N–H and O–H groups in total. The SMILES string of the molecule is Cc1ccc(C(=O)NC(=S)Nc2cccc3c2C(=O)N(c2ccccc2)C3=O)cc1C. The normalized spacial score (nSPS) is 12.5. The summed E-state index contributed by atoms with van der Waals surface area (Å²) < 4.78 is 0. The van der Waals surface area contributed by atoms with Gasteiger partial charge in [-0.3, -0.25) is 19.7 Å². The second kappa shape index (κ2) is 8.12.